The maximum Gasteiger partial charge on any atom is 0.257 e. The summed E-state index contributed by atoms with van der Waals surface area (Å²) in [5.41, 5.74) is -0.629. The van der Waals surface area contributed by atoms with Gasteiger partial charge in [-0.1, -0.05) is 0 Å². The van der Waals surface area contributed by atoms with E-state index in [-0.39, 0.29) is 12.5 Å². The molecule has 0 aliphatic heterocycles. The number of carbonyl (C=O) groups excluding carboxylic acids is 1. The van der Waals surface area contributed by atoms with Crippen LogP contribution >= 0.6 is 0 Å². The lowest BCUT2D eigenvalue weighted by Gasteiger charge is -2.26. The standard InChI is InChI=1S/C15H23NO5/c1-15(2,18)9-16(3)14(17)10-7-8-11(19-4)13(21-6)12(10)20-5/h7-8,18H,9H2,1-6H3. The van der Waals surface area contributed by atoms with E-state index in [1.807, 2.05) is 0 Å². The summed E-state index contributed by atoms with van der Waals surface area (Å²) < 4.78 is 15.7. The minimum atomic E-state index is -0.978. The molecule has 0 spiro atoms. The zero-order valence-corrected chi connectivity index (χ0v) is 13.4. The molecule has 21 heavy (non-hydrogen) atoms. The molecule has 0 fully saturated rings. The summed E-state index contributed by atoms with van der Waals surface area (Å²) in [6, 6.07) is 3.26. The number of carbonyl (C=O) groups is 1. The van der Waals surface area contributed by atoms with Crippen molar-refractivity contribution in [3.05, 3.63) is 17.7 Å². The van der Waals surface area contributed by atoms with Crippen LogP contribution in [0.25, 0.3) is 0 Å². The monoisotopic (exact) mass is 297 g/mol. The van der Waals surface area contributed by atoms with Crippen LogP contribution in [0.5, 0.6) is 17.2 Å². The molecule has 1 aromatic rings. The molecule has 0 aliphatic carbocycles. The highest BCUT2D eigenvalue weighted by molar-refractivity contribution is 5.98. The molecule has 0 atom stereocenters. The van der Waals surface area contributed by atoms with E-state index in [0.717, 1.165) is 0 Å². The van der Waals surface area contributed by atoms with Crippen LogP contribution in [0.3, 0.4) is 0 Å². The highest BCUT2D eigenvalue weighted by Crippen LogP contribution is 2.40. The average Bonchev–Trinajstić information content (AvgIpc) is 2.42. The number of aliphatic hydroxyl groups is 1. The SMILES string of the molecule is COc1ccc(C(=O)N(C)CC(C)(C)O)c(OC)c1OC. The second kappa shape index (κ2) is 6.67. The van der Waals surface area contributed by atoms with Crippen LogP contribution in [0.2, 0.25) is 0 Å². The fourth-order valence-corrected chi connectivity index (χ4v) is 2.13. The van der Waals surface area contributed by atoms with Crippen molar-refractivity contribution in [1.29, 1.82) is 0 Å². The molecule has 0 unspecified atom stereocenters. The maximum atomic E-state index is 12.5. The third-order valence-electron chi connectivity index (χ3n) is 2.91. The molecule has 0 saturated carbocycles. The Kier molecular flexibility index (Phi) is 5.43. The van der Waals surface area contributed by atoms with Gasteiger partial charge in [-0.25, -0.2) is 0 Å². The van der Waals surface area contributed by atoms with Crippen molar-refractivity contribution < 1.29 is 24.1 Å². The first-order valence-electron chi connectivity index (χ1n) is 6.52. The first kappa shape index (κ1) is 17.1. The van der Waals surface area contributed by atoms with Gasteiger partial charge in [0.2, 0.25) is 5.75 Å². The minimum absolute atomic E-state index is 0.198. The fraction of sp³-hybridized carbons (Fsp3) is 0.533. The molecule has 6 nitrogen and oxygen atoms in total. The molecular formula is C15H23NO5. The largest absolute Gasteiger partial charge is 0.493 e. The number of rotatable bonds is 6. The van der Waals surface area contributed by atoms with Crippen LogP contribution in [0.1, 0.15) is 24.2 Å². The second-order valence-corrected chi connectivity index (χ2v) is 5.36. The van der Waals surface area contributed by atoms with Gasteiger partial charge in [0.15, 0.2) is 11.5 Å². The number of hydrogen-bond acceptors (Lipinski definition) is 5. The third kappa shape index (κ3) is 4.01. The average molecular weight is 297 g/mol. The number of benzene rings is 1. The van der Waals surface area contributed by atoms with E-state index >= 15 is 0 Å². The molecule has 1 N–H and O–H groups in total. The van der Waals surface area contributed by atoms with Crippen LogP contribution < -0.4 is 14.2 Å². The van der Waals surface area contributed by atoms with Crippen LogP contribution in [0.4, 0.5) is 0 Å². The van der Waals surface area contributed by atoms with Crippen molar-refractivity contribution in [1.82, 2.24) is 4.90 Å². The van der Waals surface area contributed by atoms with Crippen molar-refractivity contribution in [2.45, 2.75) is 19.4 Å². The molecule has 0 radical (unpaired) electrons. The van der Waals surface area contributed by atoms with Gasteiger partial charge in [0, 0.05) is 13.6 Å². The van der Waals surface area contributed by atoms with E-state index < -0.39 is 5.60 Å². The van der Waals surface area contributed by atoms with Crippen LogP contribution in [-0.2, 0) is 0 Å². The van der Waals surface area contributed by atoms with Crippen molar-refractivity contribution in [2.75, 3.05) is 34.9 Å². The Morgan fingerprint density at radius 2 is 1.71 bits per heavy atom. The lowest BCUT2D eigenvalue weighted by atomic mass is 10.1. The van der Waals surface area contributed by atoms with Crippen molar-refractivity contribution in [3.63, 3.8) is 0 Å². The molecule has 0 aromatic heterocycles. The van der Waals surface area contributed by atoms with E-state index in [1.54, 1.807) is 33.0 Å². The van der Waals surface area contributed by atoms with Gasteiger partial charge in [-0.2, -0.15) is 0 Å². The Labute approximate surface area is 125 Å². The van der Waals surface area contributed by atoms with Crippen molar-refractivity contribution in [3.8, 4) is 17.2 Å². The molecular weight excluding hydrogens is 274 g/mol. The fourth-order valence-electron chi connectivity index (χ4n) is 2.13. The van der Waals surface area contributed by atoms with E-state index in [1.165, 1.54) is 26.2 Å². The zero-order valence-electron chi connectivity index (χ0n) is 13.4. The molecule has 0 bridgehead atoms. The van der Waals surface area contributed by atoms with Crippen LogP contribution in [0, 0.1) is 0 Å². The second-order valence-electron chi connectivity index (χ2n) is 5.36. The lowest BCUT2D eigenvalue weighted by molar-refractivity contribution is 0.0366. The molecule has 1 amide bonds. The summed E-state index contributed by atoms with van der Waals surface area (Å²) in [7, 11) is 6.08. The van der Waals surface area contributed by atoms with E-state index in [2.05, 4.69) is 0 Å². The Morgan fingerprint density at radius 1 is 1.14 bits per heavy atom. The third-order valence-corrected chi connectivity index (χ3v) is 2.91. The number of likely N-dealkylation sites (N-methyl/N-ethyl adjacent to an activating group) is 1. The molecule has 0 heterocycles. The molecule has 1 rings (SSSR count). The van der Waals surface area contributed by atoms with Gasteiger partial charge < -0.3 is 24.2 Å². The number of methoxy groups -OCH3 is 3. The van der Waals surface area contributed by atoms with E-state index in [0.29, 0.717) is 22.8 Å². The van der Waals surface area contributed by atoms with E-state index in [9.17, 15) is 9.90 Å². The Hall–Kier alpha value is -1.95. The number of ether oxygens (including phenoxy) is 3. The predicted molar refractivity (Wildman–Crippen MR) is 79.4 cm³/mol. The summed E-state index contributed by atoms with van der Waals surface area (Å²) in [6.45, 7) is 3.48. The van der Waals surface area contributed by atoms with Gasteiger partial charge in [0.25, 0.3) is 5.91 Å². The smallest absolute Gasteiger partial charge is 0.257 e. The molecule has 1 aromatic carbocycles. The molecule has 0 saturated heterocycles. The highest BCUT2D eigenvalue weighted by Gasteiger charge is 2.25. The maximum absolute atomic E-state index is 12.5. The number of amides is 1. The van der Waals surface area contributed by atoms with Gasteiger partial charge in [0.1, 0.15) is 0 Å². The van der Waals surface area contributed by atoms with Gasteiger partial charge in [0.05, 0.1) is 32.5 Å². The number of hydrogen-bond donors (Lipinski definition) is 1. The lowest BCUT2D eigenvalue weighted by Crippen LogP contribution is -2.39. The minimum Gasteiger partial charge on any atom is -0.493 e. The van der Waals surface area contributed by atoms with Gasteiger partial charge >= 0.3 is 0 Å². The summed E-state index contributed by atoms with van der Waals surface area (Å²) in [4.78, 5) is 13.9. The topological polar surface area (TPSA) is 68.2 Å². The molecule has 0 aliphatic rings. The van der Waals surface area contributed by atoms with Gasteiger partial charge in [-0.05, 0) is 26.0 Å². The zero-order chi connectivity index (χ0) is 16.2. The first-order valence-corrected chi connectivity index (χ1v) is 6.52. The Balaban J connectivity index is 3.21. The van der Waals surface area contributed by atoms with Crippen molar-refractivity contribution >= 4 is 5.91 Å². The highest BCUT2D eigenvalue weighted by atomic mass is 16.5. The van der Waals surface area contributed by atoms with Gasteiger partial charge in [-0.3, -0.25) is 4.79 Å². The molecule has 118 valence electrons. The van der Waals surface area contributed by atoms with Crippen LogP contribution in [-0.4, -0.2) is 56.4 Å². The predicted octanol–water partition coefficient (Wildman–Crippen LogP) is 1.56. The summed E-state index contributed by atoms with van der Waals surface area (Å²) in [5.74, 6) is 0.887. The van der Waals surface area contributed by atoms with Crippen molar-refractivity contribution in [2.24, 2.45) is 0 Å². The quantitative estimate of drug-likeness (QED) is 0.863. The number of nitrogens with zero attached hydrogens (tertiary/aromatic N) is 1. The normalized spacial score (nSPS) is 11.0. The summed E-state index contributed by atoms with van der Waals surface area (Å²) >= 11 is 0. The Morgan fingerprint density at radius 3 is 2.14 bits per heavy atom. The first-order chi connectivity index (χ1) is 9.75. The Bertz CT molecular complexity index is 508. The van der Waals surface area contributed by atoms with E-state index in [4.69, 9.17) is 14.2 Å². The molecule has 6 heteroatoms. The van der Waals surface area contributed by atoms with Gasteiger partial charge in [-0.15, -0.1) is 0 Å². The summed E-state index contributed by atoms with van der Waals surface area (Å²) in [6.07, 6.45) is 0. The summed E-state index contributed by atoms with van der Waals surface area (Å²) in [5, 5.41) is 9.82. The van der Waals surface area contributed by atoms with Crippen LogP contribution in [0.15, 0.2) is 12.1 Å².